The summed E-state index contributed by atoms with van der Waals surface area (Å²) in [7, 11) is 0. The molecule has 0 fully saturated rings. The van der Waals surface area contributed by atoms with E-state index in [1.54, 1.807) is 0 Å². The Hall–Kier alpha value is -0.430. The predicted octanol–water partition coefficient (Wildman–Crippen LogP) is 3.14. The fourth-order valence-electron chi connectivity index (χ4n) is 0.916. The van der Waals surface area contributed by atoms with Gasteiger partial charge in [-0.1, -0.05) is 29.9 Å². The van der Waals surface area contributed by atoms with E-state index >= 15 is 0 Å². The summed E-state index contributed by atoms with van der Waals surface area (Å²) in [5.41, 5.74) is 1.44. The van der Waals surface area contributed by atoms with Crippen molar-refractivity contribution in [1.29, 1.82) is 0 Å². The molecule has 0 aromatic heterocycles. The third-order valence-electron chi connectivity index (χ3n) is 1.49. The molecule has 0 spiro atoms. The number of allylic oxidation sites excluding steroid dienone is 6. The van der Waals surface area contributed by atoms with Crippen LogP contribution in [-0.2, 0) is 0 Å². The summed E-state index contributed by atoms with van der Waals surface area (Å²) in [5, 5.41) is 0. The van der Waals surface area contributed by atoms with Crippen molar-refractivity contribution in [1.82, 2.24) is 0 Å². The van der Waals surface area contributed by atoms with E-state index in [4.69, 9.17) is 0 Å². The second kappa shape index (κ2) is 3.67. The Morgan fingerprint density at radius 1 is 1.30 bits per heavy atom. The fraction of sp³-hybridized carbons (Fsp3) is 0.333. The van der Waals surface area contributed by atoms with Crippen LogP contribution in [0.2, 0.25) is 0 Å². The van der Waals surface area contributed by atoms with E-state index < -0.39 is 0 Å². The van der Waals surface area contributed by atoms with Crippen LogP contribution in [0.15, 0.2) is 34.8 Å². The maximum absolute atomic E-state index is 2.18. The van der Waals surface area contributed by atoms with Gasteiger partial charge in [-0.25, -0.2) is 0 Å². The van der Waals surface area contributed by atoms with Gasteiger partial charge in [0.05, 0.1) is 0 Å². The highest BCUT2D eigenvalue weighted by Gasteiger charge is 1.96. The molecular weight excluding hydrogens is 140 g/mol. The maximum atomic E-state index is 2.18. The Morgan fingerprint density at radius 3 is 2.70 bits per heavy atom. The minimum atomic E-state index is 1.12. The van der Waals surface area contributed by atoms with Crippen LogP contribution in [0, 0.1) is 0 Å². The topological polar surface area (TPSA) is 0 Å². The first-order chi connectivity index (χ1) is 4.83. The molecule has 0 nitrogen and oxygen atoms in total. The third-order valence-corrected chi connectivity index (χ3v) is 2.29. The zero-order valence-corrected chi connectivity index (χ0v) is 7.24. The van der Waals surface area contributed by atoms with E-state index in [1.807, 2.05) is 11.8 Å². The van der Waals surface area contributed by atoms with Crippen LogP contribution in [0.1, 0.15) is 13.3 Å². The Kier molecular flexibility index (Phi) is 2.82. The number of hydrogen-bond donors (Lipinski definition) is 0. The maximum Gasteiger partial charge on any atom is -0.000671 e. The Morgan fingerprint density at radius 2 is 2.00 bits per heavy atom. The van der Waals surface area contributed by atoms with E-state index in [9.17, 15) is 0 Å². The first-order valence-electron chi connectivity index (χ1n) is 3.40. The van der Waals surface area contributed by atoms with Crippen molar-refractivity contribution < 1.29 is 0 Å². The van der Waals surface area contributed by atoms with E-state index in [0.717, 1.165) is 6.42 Å². The monoisotopic (exact) mass is 152 g/mol. The van der Waals surface area contributed by atoms with Gasteiger partial charge in [0.2, 0.25) is 0 Å². The second-order valence-electron chi connectivity index (χ2n) is 2.41. The number of rotatable bonds is 1. The third kappa shape index (κ3) is 2.07. The lowest BCUT2D eigenvalue weighted by atomic mass is 10.2. The lowest BCUT2D eigenvalue weighted by Crippen LogP contribution is -1.76. The molecule has 0 saturated carbocycles. The van der Waals surface area contributed by atoms with Gasteiger partial charge in [0.25, 0.3) is 0 Å². The molecule has 0 unspecified atom stereocenters. The van der Waals surface area contributed by atoms with Crippen molar-refractivity contribution >= 4 is 11.8 Å². The molecule has 0 saturated heterocycles. The Bertz CT molecular complexity index is 197. The minimum absolute atomic E-state index is 1.12. The lowest BCUT2D eigenvalue weighted by molar-refractivity contribution is 1.20. The van der Waals surface area contributed by atoms with Crippen molar-refractivity contribution in [3.8, 4) is 0 Å². The molecule has 0 aromatic rings. The molecular formula is C9H12S. The average Bonchev–Trinajstić information content (AvgIpc) is 2.13. The normalized spacial score (nSPS) is 17.8. The van der Waals surface area contributed by atoms with Gasteiger partial charge in [-0.3, -0.25) is 0 Å². The van der Waals surface area contributed by atoms with Gasteiger partial charge < -0.3 is 0 Å². The zero-order valence-electron chi connectivity index (χ0n) is 6.42. The molecule has 0 bridgehead atoms. The molecule has 1 aliphatic carbocycles. The van der Waals surface area contributed by atoms with Crippen LogP contribution in [0.5, 0.6) is 0 Å². The van der Waals surface area contributed by atoms with Gasteiger partial charge in [0.15, 0.2) is 0 Å². The van der Waals surface area contributed by atoms with Crippen LogP contribution >= 0.6 is 11.8 Å². The van der Waals surface area contributed by atoms with E-state index in [2.05, 4.69) is 37.5 Å². The standard InChI is InChI=1S/C9H12S/c1-8-5-3-4-6-9(7-8)10-2/h3-6H,7H2,1-2H3. The van der Waals surface area contributed by atoms with E-state index in [-0.39, 0.29) is 0 Å². The van der Waals surface area contributed by atoms with Gasteiger partial charge in [0.1, 0.15) is 0 Å². The summed E-state index contributed by atoms with van der Waals surface area (Å²) < 4.78 is 0. The van der Waals surface area contributed by atoms with Gasteiger partial charge in [-0.15, -0.1) is 11.8 Å². The van der Waals surface area contributed by atoms with Crippen molar-refractivity contribution in [3.63, 3.8) is 0 Å². The predicted molar refractivity (Wildman–Crippen MR) is 49.1 cm³/mol. The van der Waals surface area contributed by atoms with Gasteiger partial charge in [0, 0.05) is 0 Å². The molecule has 0 aromatic carbocycles. The molecule has 10 heavy (non-hydrogen) atoms. The molecule has 1 rings (SSSR count). The number of thioether (sulfide) groups is 1. The molecule has 0 N–H and O–H groups in total. The second-order valence-corrected chi connectivity index (χ2v) is 3.34. The molecule has 0 atom stereocenters. The smallest absolute Gasteiger partial charge is 0.000671 e. The largest absolute Gasteiger partial charge is 0.134 e. The van der Waals surface area contributed by atoms with Crippen LogP contribution < -0.4 is 0 Å². The van der Waals surface area contributed by atoms with Crippen LogP contribution in [-0.4, -0.2) is 6.26 Å². The Balaban J connectivity index is 2.72. The van der Waals surface area contributed by atoms with Gasteiger partial charge in [-0.2, -0.15) is 0 Å². The van der Waals surface area contributed by atoms with Crippen molar-refractivity contribution in [2.75, 3.05) is 6.26 Å². The summed E-state index contributed by atoms with van der Waals surface area (Å²) in [6.07, 6.45) is 11.8. The molecule has 0 aliphatic heterocycles. The zero-order chi connectivity index (χ0) is 7.40. The fourth-order valence-corrected chi connectivity index (χ4v) is 1.50. The summed E-state index contributed by atoms with van der Waals surface area (Å²) >= 11 is 1.83. The Labute approximate surface area is 66.7 Å². The van der Waals surface area contributed by atoms with Crippen LogP contribution in [0.3, 0.4) is 0 Å². The average molecular weight is 152 g/mol. The first-order valence-corrected chi connectivity index (χ1v) is 4.62. The van der Waals surface area contributed by atoms with E-state index in [1.165, 1.54) is 10.5 Å². The SMILES string of the molecule is CSC1=CC=CC=C(C)C1. The lowest BCUT2D eigenvalue weighted by Gasteiger charge is -1.99. The minimum Gasteiger partial charge on any atom is -0.134 e. The highest BCUT2D eigenvalue weighted by molar-refractivity contribution is 8.02. The van der Waals surface area contributed by atoms with E-state index in [0.29, 0.717) is 0 Å². The number of hydrogen-bond acceptors (Lipinski definition) is 1. The van der Waals surface area contributed by atoms with Crippen molar-refractivity contribution in [2.45, 2.75) is 13.3 Å². The summed E-state index contributed by atoms with van der Waals surface area (Å²) in [4.78, 5) is 1.45. The quantitative estimate of drug-likeness (QED) is 0.556. The highest BCUT2D eigenvalue weighted by atomic mass is 32.2. The van der Waals surface area contributed by atoms with Crippen LogP contribution in [0.4, 0.5) is 0 Å². The van der Waals surface area contributed by atoms with Crippen molar-refractivity contribution in [3.05, 3.63) is 34.8 Å². The molecule has 0 heterocycles. The summed E-state index contributed by atoms with van der Waals surface area (Å²) in [5.74, 6) is 0. The molecule has 0 radical (unpaired) electrons. The first kappa shape index (κ1) is 7.67. The summed E-state index contributed by atoms with van der Waals surface area (Å²) in [6, 6.07) is 0. The molecule has 1 aliphatic rings. The summed E-state index contributed by atoms with van der Waals surface area (Å²) in [6.45, 7) is 2.17. The molecule has 0 amide bonds. The van der Waals surface area contributed by atoms with Crippen molar-refractivity contribution in [2.24, 2.45) is 0 Å². The highest BCUT2D eigenvalue weighted by Crippen LogP contribution is 2.22. The van der Waals surface area contributed by atoms with Crippen LogP contribution in [0.25, 0.3) is 0 Å². The van der Waals surface area contributed by atoms with Gasteiger partial charge in [-0.05, 0) is 24.5 Å². The molecule has 1 heteroatoms. The molecule has 54 valence electrons. The van der Waals surface area contributed by atoms with Gasteiger partial charge >= 0.3 is 0 Å².